The van der Waals surface area contributed by atoms with Crippen LogP contribution in [0.15, 0.2) is 48.5 Å². The normalized spacial score (nSPS) is 13.4. The van der Waals surface area contributed by atoms with Gasteiger partial charge in [-0.25, -0.2) is 0 Å². The molecule has 3 rings (SSSR count). The molecule has 3 heteroatoms. The highest BCUT2D eigenvalue weighted by molar-refractivity contribution is 5.45. The molecule has 0 bridgehead atoms. The zero-order valence-corrected chi connectivity index (χ0v) is 14.5. The lowest BCUT2D eigenvalue weighted by molar-refractivity contribution is 0.0189. The molecule has 0 atom stereocenters. The van der Waals surface area contributed by atoms with Gasteiger partial charge in [-0.1, -0.05) is 24.3 Å². The summed E-state index contributed by atoms with van der Waals surface area (Å²) >= 11 is 0. The number of rotatable bonds is 8. The molecule has 0 unspecified atom stereocenters. The van der Waals surface area contributed by atoms with E-state index >= 15 is 0 Å². The zero-order valence-electron chi connectivity index (χ0n) is 14.5. The average molecular weight is 325 g/mol. The van der Waals surface area contributed by atoms with Crippen molar-refractivity contribution < 1.29 is 9.47 Å². The third-order valence-electron chi connectivity index (χ3n) is 4.64. The minimum atomic E-state index is 0.311. The Labute approximate surface area is 145 Å². The largest absolute Gasteiger partial charge is 0.468 e. The van der Waals surface area contributed by atoms with Crippen LogP contribution in [0.2, 0.25) is 0 Å². The summed E-state index contributed by atoms with van der Waals surface area (Å²) in [5.41, 5.74) is 4.16. The molecule has 0 spiro atoms. The van der Waals surface area contributed by atoms with Gasteiger partial charge in [-0.2, -0.15) is 0 Å². The summed E-state index contributed by atoms with van der Waals surface area (Å²) in [5, 5.41) is 0. The Morgan fingerprint density at radius 2 is 1.75 bits per heavy atom. The molecule has 0 fully saturated rings. The summed E-state index contributed by atoms with van der Waals surface area (Å²) in [7, 11) is 0. The van der Waals surface area contributed by atoms with Gasteiger partial charge in [-0.05, 0) is 68.0 Å². The van der Waals surface area contributed by atoms with E-state index in [-0.39, 0.29) is 0 Å². The van der Waals surface area contributed by atoms with Gasteiger partial charge in [0.15, 0.2) is 6.79 Å². The number of anilines is 1. The van der Waals surface area contributed by atoms with Crippen LogP contribution in [-0.2, 0) is 17.6 Å². The van der Waals surface area contributed by atoms with E-state index in [2.05, 4.69) is 54.3 Å². The van der Waals surface area contributed by atoms with E-state index in [4.69, 9.17) is 9.47 Å². The van der Waals surface area contributed by atoms with Gasteiger partial charge in [0.2, 0.25) is 0 Å². The Bertz CT molecular complexity index is 627. The Hall–Kier alpha value is -2.00. The molecule has 0 saturated carbocycles. The number of hydrogen-bond donors (Lipinski definition) is 0. The number of ether oxygens (including phenoxy) is 2. The highest BCUT2D eigenvalue weighted by Crippen LogP contribution is 2.25. The SMILES string of the molecule is CCN(CCOCOc1ccc2c(c1)CCCC2)c1ccccc1. The van der Waals surface area contributed by atoms with Crippen LogP contribution in [0.1, 0.15) is 30.9 Å². The van der Waals surface area contributed by atoms with Gasteiger partial charge in [-0.3, -0.25) is 0 Å². The fourth-order valence-electron chi connectivity index (χ4n) is 3.25. The van der Waals surface area contributed by atoms with Crippen molar-refractivity contribution in [3.05, 3.63) is 59.7 Å². The van der Waals surface area contributed by atoms with Gasteiger partial charge in [0.05, 0.1) is 6.61 Å². The maximum atomic E-state index is 5.75. The van der Waals surface area contributed by atoms with Gasteiger partial charge in [0, 0.05) is 18.8 Å². The topological polar surface area (TPSA) is 21.7 Å². The number of nitrogens with zero attached hydrogens (tertiary/aromatic N) is 1. The second-order valence-corrected chi connectivity index (χ2v) is 6.22. The molecule has 0 saturated heterocycles. The Kier molecular flexibility index (Phi) is 6.13. The van der Waals surface area contributed by atoms with Crippen molar-refractivity contribution in [3.8, 4) is 5.75 Å². The third kappa shape index (κ3) is 4.51. The number of hydrogen-bond acceptors (Lipinski definition) is 3. The van der Waals surface area contributed by atoms with Crippen molar-refractivity contribution in [2.24, 2.45) is 0 Å². The molecule has 1 aliphatic rings. The molecule has 2 aromatic carbocycles. The quantitative estimate of drug-likeness (QED) is 0.529. The predicted molar refractivity (Wildman–Crippen MR) is 98.9 cm³/mol. The standard InChI is InChI=1S/C21H27NO2/c1-2-22(20-10-4-3-5-11-20)14-15-23-17-24-21-13-12-18-8-6-7-9-19(18)16-21/h3-5,10-13,16H,2,6-9,14-15,17H2,1H3. The molecule has 0 aliphatic heterocycles. The van der Waals surface area contributed by atoms with E-state index < -0.39 is 0 Å². The van der Waals surface area contributed by atoms with Crippen molar-refractivity contribution in [2.75, 3.05) is 31.4 Å². The summed E-state index contributed by atoms with van der Waals surface area (Å²) in [6, 6.07) is 16.9. The monoisotopic (exact) mass is 325 g/mol. The number of para-hydroxylation sites is 1. The smallest absolute Gasteiger partial charge is 0.189 e. The molecular formula is C21H27NO2. The van der Waals surface area contributed by atoms with Crippen LogP contribution in [-0.4, -0.2) is 26.5 Å². The lowest BCUT2D eigenvalue weighted by Crippen LogP contribution is -2.27. The number of aryl methyl sites for hydroxylation is 2. The molecule has 0 amide bonds. The van der Waals surface area contributed by atoms with Gasteiger partial charge in [0.1, 0.15) is 5.75 Å². The molecular weight excluding hydrogens is 298 g/mol. The summed E-state index contributed by atoms with van der Waals surface area (Å²) in [4.78, 5) is 2.30. The first-order valence-corrected chi connectivity index (χ1v) is 8.99. The molecule has 2 aromatic rings. The molecule has 0 aromatic heterocycles. The van der Waals surface area contributed by atoms with Gasteiger partial charge in [0.25, 0.3) is 0 Å². The second-order valence-electron chi connectivity index (χ2n) is 6.22. The second kappa shape index (κ2) is 8.74. The number of benzene rings is 2. The summed E-state index contributed by atoms with van der Waals surface area (Å²) in [5.74, 6) is 0.922. The van der Waals surface area contributed by atoms with Crippen molar-refractivity contribution in [1.29, 1.82) is 0 Å². The number of likely N-dealkylation sites (N-methyl/N-ethyl adjacent to an activating group) is 1. The average Bonchev–Trinajstić information content (AvgIpc) is 2.65. The highest BCUT2D eigenvalue weighted by atomic mass is 16.7. The minimum absolute atomic E-state index is 0.311. The first kappa shape index (κ1) is 16.8. The molecule has 0 N–H and O–H groups in total. The van der Waals surface area contributed by atoms with E-state index in [0.717, 1.165) is 18.8 Å². The van der Waals surface area contributed by atoms with E-state index in [1.165, 1.54) is 42.5 Å². The van der Waals surface area contributed by atoms with Gasteiger partial charge >= 0.3 is 0 Å². The molecule has 0 heterocycles. The maximum absolute atomic E-state index is 5.75. The molecule has 3 nitrogen and oxygen atoms in total. The molecule has 0 radical (unpaired) electrons. The fourth-order valence-corrected chi connectivity index (χ4v) is 3.25. The Morgan fingerprint density at radius 3 is 2.54 bits per heavy atom. The maximum Gasteiger partial charge on any atom is 0.189 e. The first-order valence-electron chi connectivity index (χ1n) is 8.99. The van der Waals surface area contributed by atoms with Crippen molar-refractivity contribution in [1.82, 2.24) is 0 Å². The molecule has 1 aliphatic carbocycles. The molecule has 24 heavy (non-hydrogen) atoms. The van der Waals surface area contributed by atoms with Crippen molar-refractivity contribution >= 4 is 5.69 Å². The lowest BCUT2D eigenvalue weighted by atomic mass is 9.92. The van der Waals surface area contributed by atoms with Crippen molar-refractivity contribution in [2.45, 2.75) is 32.6 Å². The van der Waals surface area contributed by atoms with Crippen LogP contribution in [0.3, 0.4) is 0 Å². The van der Waals surface area contributed by atoms with Crippen LogP contribution >= 0.6 is 0 Å². The van der Waals surface area contributed by atoms with E-state index in [9.17, 15) is 0 Å². The van der Waals surface area contributed by atoms with Gasteiger partial charge < -0.3 is 14.4 Å². The van der Waals surface area contributed by atoms with E-state index in [1.54, 1.807) is 0 Å². The van der Waals surface area contributed by atoms with Crippen LogP contribution in [0.4, 0.5) is 5.69 Å². The first-order chi connectivity index (χ1) is 11.9. The van der Waals surface area contributed by atoms with Crippen LogP contribution in [0.25, 0.3) is 0 Å². The fraction of sp³-hybridized carbons (Fsp3) is 0.429. The van der Waals surface area contributed by atoms with E-state index in [0.29, 0.717) is 13.4 Å². The predicted octanol–water partition coefficient (Wildman–Crippen LogP) is 4.44. The number of fused-ring (bicyclic) bond motifs is 1. The Balaban J connectivity index is 1.41. The third-order valence-corrected chi connectivity index (χ3v) is 4.64. The summed E-state index contributed by atoms with van der Waals surface area (Å²) in [6.07, 6.45) is 4.99. The summed E-state index contributed by atoms with van der Waals surface area (Å²) < 4.78 is 11.4. The van der Waals surface area contributed by atoms with Crippen LogP contribution in [0.5, 0.6) is 5.75 Å². The van der Waals surface area contributed by atoms with Crippen LogP contribution < -0.4 is 9.64 Å². The Morgan fingerprint density at radius 1 is 0.958 bits per heavy atom. The molecule has 128 valence electrons. The van der Waals surface area contributed by atoms with Gasteiger partial charge in [-0.15, -0.1) is 0 Å². The van der Waals surface area contributed by atoms with Crippen molar-refractivity contribution in [3.63, 3.8) is 0 Å². The van der Waals surface area contributed by atoms with E-state index in [1.807, 2.05) is 6.07 Å². The lowest BCUT2D eigenvalue weighted by Gasteiger charge is -2.23. The summed E-state index contributed by atoms with van der Waals surface area (Å²) in [6.45, 7) is 4.97. The minimum Gasteiger partial charge on any atom is -0.468 e. The van der Waals surface area contributed by atoms with Crippen LogP contribution in [0, 0.1) is 0 Å². The highest BCUT2D eigenvalue weighted by Gasteiger charge is 2.10. The zero-order chi connectivity index (χ0) is 16.6.